The summed E-state index contributed by atoms with van der Waals surface area (Å²) in [5.74, 6) is -0.582. The molecule has 7 nitrogen and oxygen atoms in total. The summed E-state index contributed by atoms with van der Waals surface area (Å²) in [4.78, 5) is 11.2. The second kappa shape index (κ2) is 8.28. The van der Waals surface area contributed by atoms with Crippen molar-refractivity contribution in [2.24, 2.45) is 0 Å². The number of anilines is 1. The van der Waals surface area contributed by atoms with Crippen molar-refractivity contribution in [3.63, 3.8) is 0 Å². The van der Waals surface area contributed by atoms with Crippen LogP contribution in [-0.4, -0.2) is 19.5 Å². The average Bonchev–Trinajstić information content (AvgIpc) is 3.20. The predicted octanol–water partition coefficient (Wildman–Crippen LogP) is 3.63. The maximum absolute atomic E-state index is 13.0. The summed E-state index contributed by atoms with van der Waals surface area (Å²) in [5, 5.41) is 12.3. The minimum Gasteiger partial charge on any atom is -0.478 e. The molecule has 0 aliphatic carbocycles. The van der Waals surface area contributed by atoms with E-state index in [2.05, 4.69) is 10.0 Å². The van der Waals surface area contributed by atoms with Gasteiger partial charge in [-0.15, -0.1) is 0 Å². The van der Waals surface area contributed by atoms with Gasteiger partial charge in [0.05, 0.1) is 24.1 Å². The molecule has 1 heterocycles. The van der Waals surface area contributed by atoms with Crippen molar-refractivity contribution in [3.8, 4) is 0 Å². The second-order valence-electron chi connectivity index (χ2n) is 6.20. The van der Waals surface area contributed by atoms with E-state index in [4.69, 9.17) is 4.42 Å². The van der Waals surface area contributed by atoms with Gasteiger partial charge in [0, 0.05) is 6.04 Å². The fourth-order valence-electron chi connectivity index (χ4n) is 2.73. The highest BCUT2D eigenvalue weighted by Crippen LogP contribution is 2.26. The van der Waals surface area contributed by atoms with Crippen LogP contribution in [0.25, 0.3) is 0 Å². The number of hydrogen-bond donors (Lipinski definition) is 3. The molecule has 0 saturated carbocycles. The van der Waals surface area contributed by atoms with Gasteiger partial charge in [0.25, 0.3) is 0 Å². The van der Waals surface area contributed by atoms with E-state index in [-0.39, 0.29) is 22.7 Å². The van der Waals surface area contributed by atoms with E-state index in [1.807, 2.05) is 30.3 Å². The Morgan fingerprint density at radius 2 is 1.86 bits per heavy atom. The van der Waals surface area contributed by atoms with Gasteiger partial charge in [-0.1, -0.05) is 30.3 Å². The largest absolute Gasteiger partial charge is 0.478 e. The smallest absolute Gasteiger partial charge is 0.335 e. The van der Waals surface area contributed by atoms with Gasteiger partial charge in [-0.25, -0.2) is 17.9 Å². The van der Waals surface area contributed by atoms with Gasteiger partial charge in [-0.05, 0) is 42.8 Å². The van der Waals surface area contributed by atoms with Crippen molar-refractivity contribution in [2.45, 2.75) is 24.4 Å². The molecule has 8 heteroatoms. The summed E-state index contributed by atoms with van der Waals surface area (Å²) < 4.78 is 33.9. The average molecular weight is 400 g/mol. The van der Waals surface area contributed by atoms with Crippen LogP contribution in [0.3, 0.4) is 0 Å². The highest BCUT2D eigenvalue weighted by atomic mass is 32.2. The number of furan rings is 1. The first kappa shape index (κ1) is 19.7. The third-order valence-corrected chi connectivity index (χ3v) is 5.76. The van der Waals surface area contributed by atoms with Crippen LogP contribution in [0.2, 0.25) is 0 Å². The molecule has 0 aliphatic rings. The first-order chi connectivity index (χ1) is 13.4. The summed E-state index contributed by atoms with van der Waals surface area (Å²) in [6.07, 6.45) is 1.52. The van der Waals surface area contributed by atoms with Gasteiger partial charge in [-0.2, -0.15) is 0 Å². The van der Waals surface area contributed by atoms with Crippen molar-refractivity contribution in [3.05, 3.63) is 83.8 Å². The minimum absolute atomic E-state index is 0.115. The summed E-state index contributed by atoms with van der Waals surface area (Å²) in [6.45, 7) is 1.99. The van der Waals surface area contributed by atoms with Crippen LogP contribution in [0, 0.1) is 0 Å². The van der Waals surface area contributed by atoms with Crippen molar-refractivity contribution >= 4 is 21.7 Å². The lowest BCUT2D eigenvalue weighted by Crippen LogP contribution is -2.28. The number of carboxylic acid groups (broad SMARTS) is 1. The van der Waals surface area contributed by atoms with Crippen LogP contribution >= 0.6 is 0 Å². The van der Waals surface area contributed by atoms with Crippen molar-refractivity contribution < 1.29 is 22.7 Å². The second-order valence-corrected chi connectivity index (χ2v) is 7.89. The number of rotatable bonds is 8. The molecule has 0 amide bonds. The van der Waals surface area contributed by atoms with Crippen molar-refractivity contribution in [2.75, 3.05) is 5.32 Å². The Bertz CT molecular complexity index is 1050. The van der Waals surface area contributed by atoms with Crippen molar-refractivity contribution in [1.29, 1.82) is 0 Å². The molecule has 28 heavy (non-hydrogen) atoms. The zero-order chi connectivity index (χ0) is 20.1. The number of aromatic carboxylic acids is 1. The Hall–Kier alpha value is -3.10. The molecule has 2 aromatic carbocycles. The van der Waals surface area contributed by atoms with Gasteiger partial charge in [0.2, 0.25) is 10.0 Å². The van der Waals surface area contributed by atoms with E-state index >= 15 is 0 Å². The van der Waals surface area contributed by atoms with Gasteiger partial charge in [0.1, 0.15) is 10.7 Å². The van der Waals surface area contributed by atoms with Gasteiger partial charge in [-0.3, -0.25) is 0 Å². The van der Waals surface area contributed by atoms with Crippen molar-refractivity contribution in [1.82, 2.24) is 4.72 Å². The monoisotopic (exact) mass is 400 g/mol. The quantitative estimate of drug-likeness (QED) is 0.533. The number of carboxylic acids is 1. The maximum Gasteiger partial charge on any atom is 0.335 e. The number of benzene rings is 2. The summed E-state index contributed by atoms with van der Waals surface area (Å²) >= 11 is 0. The van der Waals surface area contributed by atoms with E-state index in [9.17, 15) is 18.3 Å². The third kappa shape index (κ3) is 4.59. The molecule has 0 spiro atoms. The van der Waals surface area contributed by atoms with E-state index in [1.54, 1.807) is 19.1 Å². The number of nitrogens with one attached hydrogen (secondary N) is 2. The molecule has 3 aromatic rings. The van der Waals surface area contributed by atoms with E-state index in [0.29, 0.717) is 5.76 Å². The van der Waals surface area contributed by atoms with E-state index < -0.39 is 22.0 Å². The van der Waals surface area contributed by atoms with Gasteiger partial charge >= 0.3 is 5.97 Å². The molecule has 0 aliphatic heterocycles. The van der Waals surface area contributed by atoms with Gasteiger partial charge < -0.3 is 14.8 Å². The number of sulfonamides is 1. The molecule has 0 fully saturated rings. The normalized spacial score (nSPS) is 12.5. The zero-order valence-electron chi connectivity index (χ0n) is 15.1. The molecule has 0 bridgehead atoms. The Labute approximate surface area is 163 Å². The maximum atomic E-state index is 13.0. The highest BCUT2D eigenvalue weighted by Gasteiger charge is 2.23. The number of carbonyl (C=O) groups is 1. The lowest BCUT2D eigenvalue weighted by Gasteiger charge is -2.17. The lowest BCUT2D eigenvalue weighted by molar-refractivity contribution is 0.0696. The third-order valence-electron chi connectivity index (χ3n) is 4.18. The molecule has 3 N–H and O–H groups in total. The zero-order valence-corrected chi connectivity index (χ0v) is 15.9. The van der Waals surface area contributed by atoms with Crippen LogP contribution in [0.5, 0.6) is 0 Å². The molecule has 0 saturated heterocycles. The predicted molar refractivity (Wildman–Crippen MR) is 105 cm³/mol. The van der Waals surface area contributed by atoms with E-state index in [0.717, 1.165) is 11.6 Å². The first-order valence-electron chi connectivity index (χ1n) is 8.58. The minimum atomic E-state index is -3.99. The Kier molecular flexibility index (Phi) is 5.81. The molecule has 0 radical (unpaired) electrons. The molecular weight excluding hydrogens is 380 g/mol. The lowest BCUT2D eigenvalue weighted by atomic mass is 10.1. The van der Waals surface area contributed by atoms with E-state index in [1.165, 1.54) is 18.4 Å². The number of hydrogen-bond acceptors (Lipinski definition) is 5. The fraction of sp³-hybridized carbons (Fsp3) is 0.150. The standard InChI is InChI=1S/C20H20N2O5S/c1-14(15-6-3-2-4-7-15)22-28(25,26)19-12-16(20(23)24)9-10-18(19)21-13-17-8-5-11-27-17/h2-12,14,21-22H,13H2,1H3,(H,23,24). The Morgan fingerprint density at radius 3 is 2.50 bits per heavy atom. The van der Waals surface area contributed by atoms with Crippen LogP contribution in [-0.2, 0) is 16.6 Å². The van der Waals surface area contributed by atoms with Crippen LogP contribution in [0.15, 0.2) is 76.2 Å². The molecule has 3 rings (SSSR count). The molecule has 1 aromatic heterocycles. The first-order valence-corrected chi connectivity index (χ1v) is 10.1. The Balaban J connectivity index is 1.91. The SMILES string of the molecule is CC(NS(=O)(=O)c1cc(C(=O)O)ccc1NCc1ccco1)c1ccccc1. The van der Waals surface area contributed by atoms with Crippen LogP contribution in [0.1, 0.15) is 34.6 Å². The summed E-state index contributed by atoms with van der Waals surface area (Å²) in [5.41, 5.74) is 0.969. The van der Waals surface area contributed by atoms with Gasteiger partial charge in [0.15, 0.2) is 0 Å². The Morgan fingerprint density at radius 1 is 1.11 bits per heavy atom. The molecule has 1 atom stereocenters. The topological polar surface area (TPSA) is 109 Å². The fourth-order valence-corrected chi connectivity index (χ4v) is 4.17. The summed E-state index contributed by atoms with van der Waals surface area (Å²) in [6, 6.07) is 16.0. The summed E-state index contributed by atoms with van der Waals surface area (Å²) in [7, 11) is -3.99. The highest BCUT2D eigenvalue weighted by molar-refractivity contribution is 7.89. The molecular formula is C20H20N2O5S. The molecule has 1 unspecified atom stereocenters. The molecule has 146 valence electrons. The van der Waals surface area contributed by atoms with Crippen LogP contribution < -0.4 is 10.0 Å². The van der Waals surface area contributed by atoms with Crippen LogP contribution in [0.4, 0.5) is 5.69 Å².